The summed E-state index contributed by atoms with van der Waals surface area (Å²) in [7, 11) is 0. The number of ether oxygens (including phenoxy) is 1. The van der Waals surface area contributed by atoms with Crippen LogP contribution in [0.25, 0.3) is 0 Å². The Labute approximate surface area is 138 Å². The molecule has 2 aliphatic heterocycles. The molecule has 23 heavy (non-hydrogen) atoms. The molecule has 5 heteroatoms. The van der Waals surface area contributed by atoms with Crippen LogP contribution in [0.2, 0.25) is 0 Å². The fraction of sp³-hybridized carbons (Fsp3) is 0.611. The van der Waals surface area contributed by atoms with Crippen molar-refractivity contribution in [3.05, 3.63) is 23.8 Å². The lowest BCUT2D eigenvalue weighted by atomic mass is 10.1. The van der Waals surface area contributed by atoms with Gasteiger partial charge in [0.1, 0.15) is 0 Å². The quantitative estimate of drug-likeness (QED) is 0.911. The van der Waals surface area contributed by atoms with Gasteiger partial charge in [0.25, 0.3) is 0 Å². The van der Waals surface area contributed by atoms with Gasteiger partial charge in [-0.1, -0.05) is 12.8 Å². The van der Waals surface area contributed by atoms with Crippen LogP contribution in [0.15, 0.2) is 18.2 Å². The van der Waals surface area contributed by atoms with E-state index in [0.29, 0.717) is 0 Å². The topological polar surface area (TPSA) is 44.8 Å². The summed E-state index contributed by atoms with van der Waals surface area (Å²) in [6.07, 6.45) is 4.69. The third-order valence-electron chi connectivity index (χ3n) is 4.72. The number of carbonyl (C=O) groups is 1. The number of hydrogen-bond acceptors (Lipinski definition) is 3. The lowest BCUT2D eigenvalue weighted by Crippen LogP contribution is -2.36. The van der Waals surface area contributed by atoms with Crippen LogP contribution in [0.5, 0.6) is 0 Å². The Bertz CT molecular complexity index is 533. The molecule has 1 aromatic rings. The number of nitrogens with zero attached hydrogens (tertiary/aromatic N) is 2. The molecular formula is C18H27N3O2. The van der Waals surface area contributed by atoms with Crippen molar-refractivity contribution < 1.29 is 9.53 Å². The van der Waals surface area contributed by atoms with Crippen LogP contribution in [0.3, 0.4) is 0 Å². The van der Waals surface area contributed by atoms with Crippen molar-refractivity contribution in [3.63, 3.8) is 0 Å². The van der Waals surface area contributed by atoms with Crippen LogP contribution >= 0.6 is 0 Å². The lowest BCUT2D eigenvalue weighted by molar-refractivity contribution is 0.122. The molecule has 1 N–H and O–H groups in total. The number of nitrogens with one attached hydrogen (secondary N) is 1. The number of urea groups is 1. The van der Waals surface area contributed by atoms with Crippen molar-refractivity contribution in [1.82, 2.24) is 4.90 Å². The Morgan fingerprint density at radius 2 is 1.74 bits per heavy atom. The molecule has 2 fully saturated rings. The van der Waals surface area contributed by atoms with Gasteiger partial charge < -0.3 is 19.9 Å². The minimum absolute atomic E-state index is 0.0362. The fourth-order valence-corrected chi connectivity index (χ4v) is 3.27. The summed E-state index contributed by atoms with van der Waals surface area (Å²) in [6.45, 7) is 7.23. The highest BCUT2D eigenvalue weighted by Crippen LogP contribution is 2.24. The Balaban J connectivity index is 1.64. The van der Waals surface area contributed by atoms with Crippen LogP contribution in [0, 0.1) is 6.92 Å². The average molecular weight is 317 g/mol. The van der Waals surface area contributed by atoms with E-state index in [1.807, 2.05) is 11.0 Å². The molecule has 0 atom stereocenters. The zero-order chi connectivity index (χ0) is 16.1. The molecule has 0 unspecified atom stereocenters. The van der Waals surface area contributed by atoms with Gasteiger partial charge in [-0.15, -0.1) is 0 Å². The molecule has 0 aromatic heterocycles. The van der Waals surface area contributed by atoms with E-state index in [1.165, 1.54) is 18.5 Å². The van der Waals surface area contributed by atoms with Crippen LogP contribution in [-0.4, -0.2) is 50.3 Å². The largest absolute Gasteiger partial charge is 0.378 e. The zero-order valence-electron chi connectivity index (χ0n) is 14.0. The first kappa shape index (κ1) is 16.1. The summed E-state index contributed by atoms with van der Waals surface area (Å²) in [4.78, 5) is 16.7. The summed E-state index contributed by atoms with van der Waals surface area (Å²) in [5.41, 5.74) is 3.23. The van der Waals surface area contributed by atoms with Gasteiger partial charge in [0.15, 0.2) is 0 Å². The zero-order valence-corrected chi connectivity index (χ0v) is 14.0. The van der Waals surface area contributed by atoms with Crippen molar-refractivity contribution in [2.75, 3.05) is 49.6 Å². The van der Waals surface area contributed by atoms with Gasteiger partial charge in [0.2, 0.25) is 0 Å². The SMILES string of the molecule is Cc1cc(N2CCOCC2)ccc1NC(=O)N1CCCCCC1. The van der Waals surface area contributed by atoms with E-state index in [0.717, 1.165) is 63.5 Å². The van der Waals surface area contributed by atoms with E-state index in [1.54, 1.807) is 0 Å². The predicted molar refractivity (Wildman–Crippen MR) is 93.3 cm³/mol. The minimum Gasteiger partial charge on any atom is -0.378 e. The third kappa shape index (κ3) is 4.16. The number of amides is 2. The van der Waals surface area contributed by atoms with Crippen LogP contribution in [0.4, 0.5) is 16.2 Å². The first-order chi connectivity index (χ1) is 11.2. The number of likely N-dealkylation sites (tertiary alicyclic amines) is 1. The summed E-state index contributed by atoms with van der Waals surface area (Å²) < 4.78 is 5.40. The highest BCUT2D eigenvalue weighted by atomic mass is 16.5. The molecule has 0 spiro atoms. The highest BCUT2D eigenvalue weighted by molar-refractivity contribution is 5.90. The third-order valence-corrected chi connectivity index (χ3v) is 4.72. The van der Waals surface area contributed by atoms with Crippen molar-refractivity contribution in [1.29, 1.82) is 0 Å². The fourth-order valence-electron chi connectivity index (χ4n) is 3.27. The maximum absolute atomic E-state index is 12.4. The van der Waals surface area contributed by atoms with Gasteiger partial charge in [0.05, 0.1) is 13.2 Å². The van der Waals surface area contributed by atoms with Gasteiger partial charge in [-0.2, -0.15) is 0 Å². The molecule has 2 heterocycles. The van der Waals surface area contributed by atoms with Crippen LogP contribution in [-0.2, 0) is 4.74 Å². The number of benzene rings is 1. The van der Waals surface area contributed by atoms with Crippen molar-refractivity contribution >= 4 is 17.4 Å². The molecule has 126 valence electrons. The molecule has 0 aliphatic carbocycles. The second-order valence-electron chi connectivity index (χ2n) is 6.43. The number of hydrogen-bond donors (Lipinski definition) is 1. The number of rotatable bonds is 2. The van der Waals surface area contributed by atoms with E-state index in [4.69, 9.17) is 4.74 Å². The summed E-state index contributed by atoms with van der Waals surface area (Å²) in [5, 5.41) is 3.08. The van der Waals surface area contributed by atoms with E-state index in [2.05, 4.69) is 29.3 Å². The molecule has 2 saturated heterocycles. The first-order valence-electron chi connectivity index (χ1n) is 8.73. The number of aryl methyl sites for hydroxylation is 1. The van der Waals surface area contributed by atoms with Crippen LogP contribution < -0.4 is 10.2 Å². The maximum atomic E-state index is 12.4. The summed E-state index contributed by atoms with van der Waals surface area (Å²) in [5.74, 6) is 0. The normalized spacial score (nSPS) is 19.3. The average Bonchev–Trinajstić information content (AvgIpc) is 2.87. The molecule has 3 rings (SSSR count). The van der Waals surface area contributed by atoms with Gasteiger partial charge in [-0.3, -0.25) is 0 Å². The van der Waals surface area contributed by atoms with Gasteiger partial charge in [-0.05, 0) is 43.5 Å². The summed E-state index contributed by atoms with van der Waals surface area (Å²) in [6, 6.07) is 6.31. The van der Waals surface area contributed by atoms with Gasteiger partial charge in [0, 0.05) is 37.6 Å². The molecule has 1 aromatic carbocycles. The number of anilines is 2. The van der Waals surface area contributed by atoms with Gasteiger partial charge in [-0.25, -0.2) is 4.79 Å². The maximum Gasteiger partial charge on any atom is 0.321 e. The second-order valence-corrected chi connectivity index (χ2v) is 6.43. The van der Waals surface area contributed by atoms with Crippen molar-refractivity contribution in [3.8, 4) is 0 Å². The minimum atomic E-state index is 0.0362. The standard InChI is InChI=1S/C18H27N3O2/c1-15-14-16(20-10-12-23-13-11-20)6-7-17(15)19-18(22)21-8-4-2-3-5-9-21/h6-7,14H,2-5,8-13H2,1H3,(H,19,22). The predicted octanol–water partition coefficient (Wildman–Crippen LogP) is 3.24. The molecule has 0 bridgehead atoms. The van der Waals surface area contributed by atoms with E-state index in [9.17, 15) is 4.79 Å². The molecular weight excluding hydrogens is 290 g/mol. The first-order valence-corrected chi connectivity index (χ1v) is 8.73. The highest BCUT2D eigenvalue weighted by Gasteiger charge is 2.17. The Morgan fingerprint density at radius 3 is 2.39 bits per heavy atom. The van der Waals surface area contributed by atoms with E-state index in [-0.39, 0.29) is 6.03 Å². The number of carbonyl (C=O) groups excluding carboxylic acids is 1. The van der Waals surface area contributed by atoms with E-state index >= 15 is 0 Å². The Kier molecular flexibility index (Phi) is 5.39. The number of morpholine rings is 1. The van der Waals surface area contributed by atoms with Gasteiger partial charge >= 0.3 is 6.03 Å². The molecule has 2 amide bonds. The Hall–Kier alpha value is -1.75. The van der Waals surface area contributed by atoms with Crippen molar-refractivity contribution in [2.24, 2.45) is 0 Å². The Morgan fingerprint density at radius 1 is 1.04 bits per heavy atom. The monoisotopic (exact) mass is 317 g/mol. The molecule has 0 radical (unpaired) electrons. The molecule has 0 saturated carbocycles. The van der Waals surface area contributed by atoms with Crippen LogP contribution in [0.1, 0.15) is 31.2 Å². The molecule has 5 nitrogen and oxygen atoms in total. The second kappa shape index (κ2) is 7.68. The lowest BCUT2D eigenvalue weighted by Gasteiger charge is -2.29. The summed E-state index contributed by atoms with van der Waals surface area (Å²) >= 11 is 0. The van der Waals surface area contributed by atoms with Crippen molar-refractivity contribution in [2.45, 2.75) is 32.6 Å². The molecule has 2 aliphatic rings. The smallest absolute Gasteiger partial charge is 0.321 e. The van der Waals surface area contributed by atoms with E-state index < -0.39 is 0 Å².